The summed E-state index contributed by atoms with van der Waals surface area (Å²) < 4.78 is 0. The van der Waals surface area contributed by atoms with E-state index in [9.17, 15) is 14.7 Å². The molecular weight excluding hydrogens is 300 g/mol. The Labute approximate surface area is 134 Å². The summed E-state index contributed by atoms with van der Waals surface area (Å²) in [5.74, 6) is -0.721. The summed E-state index contributed by atoms with van der Waals surface area (Å²) in [5.41, 5.74) is 0.379. The molecule has 120 valence electrons. The third-order valence-corrected chi connectivity index (χ3v) is 5.83. The van der Waals surface area contributed by atoms with Gasteiger partial charge in [-0.25, -0.2) is 4.98 Å². The standard InChI is InChI=1S/C16H22N2O3S/c1-16(2,3)15-17-12(8-22-15)13(19)18-6-10(9-4-5-9)11(7-18)14(20)21/h8-11H,4-7H2,1-3H3,(H,20,21)/t10-,11+/m1/s1. The van der Waals surface area contributed by atoms with Crippen molar-refractivity contribution >= 4 is 23.2 Å². The highest BCUT2D eigenvalue weighted by Gasteiger charge is 2.47. The highest BCUT2D eigenvalue weighted by molar-refractivity contribution is 7.10. The number of aliphatic carboxylic acids is 1. The molecular formula is C16H22N2O3S. The van der Waals surface area contributed by atoms with Crippen LogP contribution in [0.5, 0.6) is 0 Å². The Kier molecular flexibility index (Phi) is 3.75. The molecule has 1 aromatic heterocycles. The zero-order valence-electron chi connectivity index (χ0n) is 13.2. The van der Waals surface area contributed by atoms with Crippen LogP contribution in [0.2, 0.25) is 0 Å². The Morgan fingerprint density at radius 2 is 2.00 bits per heavy atom. The highest BCUT2D eigenvalue weighted by atomic mass is 32.1. The molecule has 2 atom stereocenters. The summed E-state index contributed by atoms with van der Waals surface area (Å²) in [7, 11) is 0. The van der Waals surface area contributed by atoms with Gasteiger partial charge in [0.05, 0.1) is 10.9 Å². The number of likely N-dealkylation sites (tertiary alicyclic amines) is 1. The zero-order chi connectivity index (χ0) is 16.1. The maximum Gasteiger partial charge on any atom is 0.308 e. The molecule has 0 bridgehead atoms. The molecule has 1 saturated heterocycles. The molecule has 1 aromatic rings. The second kappa shape index (κ2) is 5.33. The molecule has 0 unspecified atom stereocenters. The van der Waals surface area contributed by atoms with Crippen LogP contribution in [-0.4, -0.2) is 40.0 Å². The van der Waals surface area contributed by atoms with Crippen LogP contribution >= 0.6 is 11.3 Å². The monoisotopic (exact) mass is 322 g/mol. The molecule has 0 radical (unpaired) electrons. The number of carbonyl (C=O) groups is 2. The molecule has 1 aliphatic carbocycles. The van der Waals surface area contributed by atoms with Crippen molar-refractivity contribution in [2.24, 2.45) is 17.8 Å². The van der Waals surface area contributed by atoms with Gasteiger partial charge >= 0.3 is 5.97 Å². The number of nitrogens with zero attached hydrogens (tertiary/aromatic N) is 2. The van der Waals surface area contributed by atoms with Crippen molar-refractivity contribution in [3.05, 3.63) is 16.1 Å². The first-order valence-electron chi connectivity index (χ1n) is 7.75. The fourth-order valence-corrected chi connectivity index (χ4v) is 4.02. The number of carboxylic acid groups (broad SMARTS) is 1. The van der Waals surface area contributed by atoms with Gasteiger partial charge in [0.25, 0.3) is 5.91 Å². The summed E-state index contributed by atoms with van der Waals surface area (Å²) in [6.45, 7) is 7.08. The summed E-state index contributed by atoms with van der Waals surface area (Å²) in [6, 6.07) is 0. The average Bonchev–Trinajstić information content (AvgIpc) is 3.00. The highest BCUT2D eigenvalue weighted by Crippen LogP contribution is 2.44. The quantitative estimate of drug-likeness (QED) is 0.928. The summed E-state index contributed by atoms with van der Waals surface area (Å²) in [6.07, 6.45) is 2.20. The van der Waals surface area contributed by atoms with Crippen LogP contribution < -0.4 is 0 Å². The van der Waals surface area contributed by atoms with E-state index >= 15 is 0 Å². The van der Waals surface area contributed by atoms with Crippen LogP contribution in [0.4, 0.5) is 0 Å². The Balaban J connectivity index is 1.75. The molecule has 1 amide bonds. The van der Waals surface area contributed by atoms with E-state index < -0.39 is 11.9 Å². The van der Waals surface area contributed by atoms with Gasteiger partial charge < -0.3 is 10.0 Å². The number of rotatable bonds is 3. The molecule has 22 heavy (non-hydrogen) atoms. The topological polar surface area (TPSA) is 70.5 Å². The molecule has 0 aromatic carbocycles. The van der Waals surface area contributed by atoms with Gasteiger partial charge in [0.2, 0.25) is 0 Å². The molecule has 2 aliphatic rings. The van der Waals surface area contributed by atoms with Crippen LogP contribution in [-0.2, 0) is 10.2 Å². The predicted molar refractivity (Wildman–Crippen MR) is 84.1 cm³/mol. The van der Waals surface area contributed by atoms with Crippen LogP contribution in [0.3, 0.4) is 0 Å². The van der Waals surface area contributed by atoms with Crippen molar-refractivity contribution in [2.45, 2.75) is 39.0 Å². The molecule has 1 N–H and O–H groups in total. The van der Waals surface area contributed by atoms with Gasteiger partial charge in [-0.15, -0.1) is 11.3 Å². The van der Waals surface area contributed by atoms with E-state index in [1.807, 2.05) is 0 Å². The zero-order valence-corrected chi connectivity index (χ0v) is 14.0. The van der Waals surface area contributed by atoms with Crippen LogP contribution in [0.25, 0.3) is 0 Å². The van der Waals surface area contributed by atoms with Gasteiger partial charge in [-0.05, 0) is 24.7 Å². The lowest BCUT2D eigenvalue weighted by Gasteiger charge is -2.16. The van der Waals surface area contributed by atoms with Gasteiger partial charge in [0, 0.05) is 23.9 Å². The van der Waals surface area contributed by atoms with E-state index in [0.29, 0.717) is 24.7 Å². The smallest absolute Gasteiger partial charge is 0.308 e. The van der Waals surface area contributed by atoms with E-state index in [0.717, 1.165) is 17.8 Å². The van der Waals surface area contributed by atoms with Gasteiger partial charge in [0.15, 0.2) is 0 Å². The van der Waals surface area contributed by atoms with E-state index in [-0.39, 0.29) is 17.2 Å². The Bertz CT molecular complexity index is 601. The predicted octanol–water partition coefficient (Wildman–Crippen LogP) is 2.62. The SMILES string of the molecule is CC(C)(C)c1nc(C(=O)N2C[C@H](C(=O)O)[C@@H](C3CC3)C2)cs1. The first-order valence-corrected chi connectivity index (χ1v) is 8.63. The largest absolute Gasteiger partial charge is 0.481 e. The van der Waals surface area contributed by atoms with Gasteiger partial charge in [-0.3, -0.25) is 9.59 Å². The van der Waals surface area contributed by atoms with E-state index in [1.54, 1.807) is 10.3 Å². The Hall–Kier alpha value is -1.43. The van der Waals surface area contributed by atoms with Gasteiger partial charge in [-0.1, -0.05) is 20.8 Å². The molecule has 1 aliphatic heterocycles. The van der Waals surface area contributed by atoms with Crippen LogP contribution in [0, 0.1) is 17.8 Å². The lowest BCUT2D eigenvalue weighted by molar-refractivity contribution is -0.142. The lowest BCUT2D eigenvalue weighted by Crippen LogP contribution is -2.30. The van der Waals surface area contributed by atoms with Crippen molar-refractivity contribution in [3.8, 4) is 0 Å². The molecule has 0 spiro atoms. The Morgan fingerprint density at radius 3 is 2.50 bits per heavy atom. The maximum atomic E-state index is 12.6. The fourth-order valence-electron chi connectivity index (χ4n) is 3.14. The number of aromatic nitrogens is 1. The normalized spacial score (nSPS) is 25.5. The minimum Gasteiger partial charge on any atom is -0.481 e. The van der Waals surface area contributed by atoms with Crippen molar-refractivity contribution in [3.63, 3.8) is 0 Å². The van der Waals surface area contributed by atoms with E-state index in [2.05, 4.69) is 25.8 Å². The maximum absolute atomic E-state index is 12.6. The number of carboxylic acids is 1. The molecule has 5 nitrogen and oxygen atoms in total. The summed E-state index contributed by atoms with van der Waals surface area (Å²) in [4.78, 5) is 30.2. The lowest BCUT2D eigenvalue weighted by atomic mass is 9.92. The summed E-state index contributed by atoms with van der Waals surface area (Å²) >= 11 is 1.50. The number of hydrogen-bond donors (Lipinski definition) is 1. The number of carbonyl (C=O) groups excluding carboxylic acids is 1. The third kappa shape index (κ3) is 2.89. The van der Waals surface area contributed by atoms with Gasteiger partial charge in [0.1, 0.15) is 5.69 Å². The first-order chi connectivity index (χ1) is 10.3. The molecule has 2 fully saturated rings. The molecule has 2 heterocycles. The number of thiazole rings is 1. The van der Waals surface area contributed by atoms with Crippen LogP contribution in [0.1, 0.15) is 49.1 Å². The minimum atomic E-state index is -0.777. The van der Waals surface area contributed by atoms with Crippen molar-refractivity contribution in [1.29, 1.82) is 0 Å². The molecule has 6 heteroatoms. The van der Waals surface area contributed by atoms with Crippen molar-refractivity contribution in [1.82, 2.24) is 9.88 Å². The van der Waals surface area contributed by atoms with E-state index in [4.69, 9.17) is 0 Å². The fraction of sp³-hybridized carbons (Fsp3) is 0.688. The van der Waals surface area contributed by atoms with E-state index in [1.165, 1.54) is 11.3 Å². The molecule has 1 saturated carbocycles. The average molecular weight is 322 g/mol. The molecule has 3 rings (SSSR count). The third-order valence-electron chi connectivity index (χ3n) is 4.56. The number of hydrogen-bond acceptors (Lipinski definition) is 4. The van der Waals surface area contributed by atoms with Crippen molar-refractivity contribution in [2.75, 3.05) is 13.1 Å². The minimum absolute atomic E-state index is 0.0750. The number of amides is 1. The van der Waals surface area contributed by atoms with Crippen LogP contribution in [0.15, 0.2) is 5.38 Å². The summed E-state index contributed by atoms with van der Waals surface area (Å²) in [5, 5.41) is 12.1. The first kappa shape index (κ1) is 15.5. The Morgan fingerprint density at radius 1 is 1.32 bits per heavy atom. The second-order valence-electron chi connectivity index (χ2n) is 7.44. The second-order valence-corrected chi connectivity index (χ2v) is 8.30. The van der Waals surface area contributed by atoms with Crippen molar-refractivity contribution < 1.29 is 14.7 Å². The van der Waals surface area contributed by atoms with Gasteiger partial charge in [-0.2, -0.15) is 0 Å².